The fourth-order valence-electron chi connectivity index (χ4n) is 3.88. The molecule has 0 saturated heterocycles. The van der Waals surface area contributed by atoms with Crippen LogP contribution in [0.2, 0.25) is 0 Å². The Balaban J connectivity index is 1.41. The van der Waals surface area contributed by atoms with Gasteiger partial charge in [0.15, 0.2) is 11.6 Å². The summed E-state index contributed by atoms with van der Waals surface area (Å²) in [5, 5.41) is 5.21. The number of carbonyl (C=O) groups excluding carboxylic acids is 2. The Morgan fingerprint density at radius 1 is 0.828 bits per heavy atom. The smallest absolute Gasteiger partial charge is 0.197 e. The van der Waals surface area contributed by atoms with Crippen LogP contribution >= 0.6 is 22.7 Å². The van der Waals surface area contributed by atoms with Gasteiger partial charge >= 0.3 is 0 Å². The molecule has 3 nitrogen and oxygen atoms in total. The number of hydrogen-bond acceptors (Lipinski definition) is 4. The number of rotatable bonds is 2. The first-order valence-corrected chi connectivity index (χ1v) is 10.9. The highest BCUT2D eigenvalue weighted by Crippen LogP contribution is 2.35. The van der Waals surface area contributed by atoms with Crippen molar-refractivity contribution in [2.75, 3.05) is 0 Å². The van der Waals surface area contributed by atoms with Crippen molar-refractivity contribution in [3.05, 3.63) is 93.8 Å². The third kappa shape index (κ3) is 2.48. The van der Waals surface area contributed by atoms with Crippen molar-refractivity contribution in [1.29, 1.82) is 0 Å². The summed E-state index contributed by atoms with van der Waals surface area (Å²) >= 11 is 3.14. The number of fused-ring (bicyclic) bond motifs is 3. The molecule has 0 unspecified atom stereocenters. The fourth-order valence-corrected chi connectivity index (χ4v) is 5.63. The second-order valence-corrected chi connectivity index (χ2v) is 9.03. The lowest BCUT2D eigenvalue weighted by molar-refractivity contribution is 0.0990. The van der Waals surface area contributed by atoms with Crippen LogP contribution in [0.3, 0.4) is 0 Å². The summed E-state index contributed by atoms with van der Waals surface area (Å²) in [4.78, 5) is 26.7. The molecule has 2 aromatic carbocycles. The highest BCUT2D eigenvalue weighted by Gasteiger charge is 2.33. The molecule has 0 fully saturated rings. The van der Waals surface area contributed by atoms with E-state index in [1.54, 1.807) is 28.7 Å². The zero-order chi connectivity index (χ0) is 19.5. The van der Waals surface area contributed by atoms with Gasteiger partial charge in [-0.1, -0.05) is 18.2 Å². The summed E-state index contributed by atoms with van der Waals surface area (Å²) in [6.45, 7) is 0. The van der Waals surface area contributed by atoms with Crippen LogP contribution in [0.1, 0.15) is 25.6 Å². The zero-order valence-electron chi connectivity index (χ0n) is 15.1. The Morgan fingerprint density at radius 3 is 2.55 bits per heavy atom. The van der Waals surface area contributed by atoms with E-state index in [1.807, 2.05) is 54.0 Å². The molecular weight excluding hydrogens is 398 g/mol. The Bertz CT molecular complexity index is 1440. The molecule has 138 valence electrons. The second-order valence-electron chi connectivity index (χ2n) is 6.99. The average Bonchev–Trinajstić information content (AvgIpc) is 3.50. The van der Waals surface area contributed by atoms with Gasteiger partial charge in [0, 0.05) is 26.9 Å². The van der Waals surface area contributed by atoms with Gasteiger partial charge < -0.3 is 4.57 Å². The molecule has 0 saturated carbocycles. The predicted molar refractivity (Wildman–Crippen MR) is 120 cm³/mol. The van der Waals surface area contributed by atoms with E-state index in [4.69, 9.17) is 0 Å². The molecule has 0 amide bonds. The van der Waals surface area contributed by atoms with Gasteiger partial charge in [-0.05, 0) is 64.7 Å². The number of nitrogens with zero attached hydrogens (tertiary/aromatic N) is 1. The molecule has 0 spiro atoms. The average molecular weight is 412 g/mol. The standard InChI is InChI=1S/C24H13NO2S2/c26-23-17-11-15-8-10-28-21(15)13-18(17)24(27)19(23)12-16-5-6-22(29-16)25-9-7-14-3-1-2-4-20(14)25/h1-13H/b19-12-. The Morgan fingerprint density at radius 2 is 1.66 bits per heavy atom. The molecule has 3 aromatic heterocycles. The topological polar surface area (TPSA) is 39.1 Å². The van der Waals surface area contributed by atoms with Gasteiger partial charge in [-0.3, -0.25) is 9.59 Å². The van der Waals surface area contributed by atoms with E-state index in [0.29, 0.717) is 11.1 Å². The summed E-state index contributed by atoms with van der Waals surface area (Å²) in [6.07, 6.45) is 3.78. The van der Waals surface area contributed by atoms with Crippen LogP contribution in [0.15, 0.2) is 77.8 Å². The van der Waals surface area contributed by atoms with E-state index < -0.39 is 0 Å². The van der Waals surface area contributed by atoms with Crippen LogP contribution in [-0.4, -0.2) is 16.1 Å². The number of carbonyl (C=O) groups is 2. The van der Waals surface area contributed by atoms with Gasteiger partial charge in [0.25, 0.3) is 0 Å². The maximum atomic E-state index is 12.9. The highest BCUT2D eigenvalue weighted by molar-refractivity contribution is 7.17. The van der Waals surface area contributed by atoms with E-state index in [1.165, 1.54) is 5.39 Å². The minimum atomic E-state index is -0.181. The van der Waals surface area contributed by atoms with Crippen LogP contribution in [-0.2, 0) is 0 Å². The number of Topliss-reactive ketones (excluding diaryl/α,β-unsaturated/α-hetero) is 2. The maximum Gasteiger partial charge on any atom is 0.197 e. The molecule has 0 radical (unpaired) electrons. The normalized spacial score (nSPS) is 15.1. The summed E-state index contributed by atoms with van der Waals surface area (Å²) < 4.78 is 3.16. The number of thiophene rings is 2. The lowest BCUT2D eigenvalue weighted by atomic mass is 10.1. The number of allylic oxidation sites excluding steroid dienone is 1. The van der Waals surface area contributed by atoms with Gasteiger partial charge in [0.1, 0.15) is 5.00 Å². The Kier molecular flexibility index (Phi) is 3.51. The van der Waals surface area contributed by atoms with E-state index in [9.17, 15) is 9.59 Å². The van der Waals surface area contributed by atoms with Crippen molar-refractivity contribution in [2.24, 2.45) is 0 Å². The molecule has 0 bridgehead atoms. The van der Waals surface area contributed by atoms with Gasteiger partial charge in [-0.2, -0.15) is 0 Å². The summed E-state index contributed by atoms with van der Waals surface area (Å²) in [5.41, 5.74) is 2.42. The van der Waals surface area contributed by atoms with Crippen molar-refractivity contribution in [3.63, 3.8) is 0 Å². The molecule has 1 aliphatic carbocycles. The highest BCUT2D eigenvalue weighted by atomic mass is 32.1. The minimum absolute atomic E-state index is 0.179. The molecule has 0 aliphatic heterocycles. The van der Waals surface area contributed by atoms with Crippen LogP contribution in [0, 0.1) is 0 Å². The number of aromatic nitrogens is 1. The lowest BCUT2D eigenvalue weighted by Gasteiger charge is -2.00. The summed E-state index contributed by atoms with van der Waals surface area (Å²) in [7, 11) is 0. The Hall–Kier alpha value is -3.28. The van der Waals surface area contributed by atoms with Gasteiger partial charge in [-0.25, -0.2) is 0 Å². The lowest BCUT2D eigenvalue weighted by Crippen LogP contribution is -1.99. The van der Waals surface area contributed by atoms with Crippen molar-refractivity contribution in [2.45, 2.75) is 0 Å². The van der Waals surface area contributed by atoms with Crippen LogP contribution in [0.25, 0.3) is 32.1 Å². The molecule has 1 aliphatic rings. The van der Waals surface area contributed by atoms with Crippen molar-refractivity contribution in [1.82, 2.24) is 4.57 Å². The molecule has 5 aromatic rings. The fraction of sp³-hybridized carbons (Fsp3) is 0. The quantitative estimate of drug-likeness (QED) is 0.250. The number of hydrogen-bond donors (Lipinski definition) is 0. The van der Waals surface area contributed by atoms with Gasteiger partial charge in [-0.15, -0.1) is 22.7 Å². The van der Waals surface area contributed by atoms with Crippen LogP contribution in [0.4, 0.5) is 0 Å². The Labute approximate surface area is 174 Å². The molecule has 5 heteroatoms. The van der Waals surface area contributed by atoms with Crippen molar-refractivity contribution < 1.29 is 9.59 Å². The summed E-state index contributed by atoms with van der Waals surface area (Å²) in [5.74, 6) is -0.360. The minimum Gasteiger partial charge on any atom is -0.308 e. The van der Waals surface area contributed by atoms with E-state index in [0.717, 1.165) is 25.5 Å². The first-order chi connectivity index (χ1) is 14.2. The van der Waals surface area contributed by atoms with Crippen molar-refractivity contribution in [3.8, 4) is 5.00 Å². The van der Waals surface area contributed by atoms with Crippen LogP contribution in [0.5, 0.6) is 0 Å². The molecule has 0 N–H and O–H groups in total. The van der Waals surface area contributed by atoms with Gasteiger partial charge in [0.05, 0.1) is 11.1 Å². The first-order valence-electron chi connectivity index (χ1n) is 9.18. The number of benzene rings is 2. The van der Waals surface area contributed by atoms with E-state index >= 15 is 0 Å². The monoisotopic (exact) mass is 411 g/mol. The molecular formula is C24H13NO2S2. The SMILES string of the molecule is O=C1/C(=C/c2ccc(-n3ccc4ccccc43)s2)C(=O)c2cc3sccc3cc21. The molecule has 29 heavy (non-hydrogen) atoms. The molecule has 6 rings (SSSR count). The molecule has 0 atom stereocenters. The zero-order valence-corrected chi connectivity index (χ0v) is 16.7. The van der Waals surface area contributed by atoms with Crippen LogP contribution < -0.4 is 0 Å². The van der Waals surface area contributed by atoms with Gasteiger partial charge in [0.2, 0.25) is 0 Å². The first kappa shape index (κ1) is 16.7. The van der Waals surface area contributed by atoms with E-state index in [-0.39, 0.29) is 17.1 Å². The largest absolute Gasteiger partial charge is 0.308 e. The number of ketones is 2. The third-order valence-corrected chi connectivity index (χ3v) is 7.22. The predicted octanol–water partition coefficient (Wildman–Crippen LogP) is 6.37. The second kappa shape index (κ2) is 6.11. The number of para-hydroxylation sites is 1. The van der Waals surface area contributed by atoms with E-state index in [2.05, 4.69) is 22.8 Å². The maximum absolute atomic E-state index is 12.9. The van der Waals surface area contributed by atoms with Crippen molar-refractivity contribution >= 4 is 61.3 Å². The third-order valence-electron chi connectivity index (χ3n) is 5.31. The molecule has 3 heterocycles. The summed E-state index contributed by atoms with van der Waals surface area (Å²) in [6, 6.07) is 20.0.